The summed E-state index contributed by atoms with van der Waals surface area (Å²) in [5.74, 6) is -0.935. The average Bonchev–Trinajstić information content (AvgIpc) is 3.65. The maximum atomic E-state index is 13.7. The maximum absolute atomic E-state index is 13.7. The van der Waals surface area contributed by atoms with Crippen LogP contribution in [0.1, 0.15) is 109 Å². The van der Waals surface area contributed by atoms with Crippen LogP contribution < -0.4 is 0 Å². The van der Waals surface area contributed by atoms with E-state index in [-0.39, 0.29) is 42.9 Å². The molecule has 2 spiro atoms. The van der Waals surface area contributed by atoms with Gasteiger partial charge in [0.25, 0.3) is 0 Å². The van der Waals surface area contributed by atoms with Gasteiger partial charge in [0.2, 0.25) is 20.0 Å². The zero-order chi connectivity index (χ0) is 29.3. The molecule has 2 heterocycles. The molecule has 4 fully saturated rings. The second-order valence-electron chi connectivity index (χ2n) is 13.3. The van der Waals surface area contributed by atoms with E-state index in [1.807, 2.05) is 0 Å². The second kappa shape index (κ2) is 10.1. The standard InChI is InChI=1S/C32H38N2O6S2/c35-29-25-7-5-23(41(37,38)33-17-13-31(14-18-33)9-1-2-10-31)21-27(25)30(36)28-22-24(6-8-26(28)29)42(39,40)34-19-15-32(16-20-34)11-3-4-12-32/h5-8,21-22H,1-4,9-20H2. The number of benzene rings is 2. The van der Waals surface area contributed by atoms with E-state index in [1.54, 1.807) is 0 Å². The Balaban J connectivity index is 1.15. The fraction of sp³-hybridized carbons (Fsp3) is 0.562. The van der Waals surface area contributed by atoms with E-state index >= 15 is 0 Å². The molecule has 42 heavy (non-hydrogen) atoms. The maximum Gasteiger partial charge on any atom is 0.243 e. The molecule has 224 valence electrons. The molecule has 5 aliphatic rings. The first-order valence-corrected chi connectivity index (χ1v) is 18.3. The van der Waals surface area contributed by atoms with E-state index in [4.69, 9.17) is 0 Å². The topological polar surface area (TPSA) is 109 Å². The Hall–Kier alpha value is -2.40. The molecule has 2 aliphatic heterocycles. The van der Waals surface area contributed by atoms with Crippen molar-refractivity contribution in [1.29, 1.82) is 0 Å². The van der Waals surface area contributed by atoms with Crippen molar-refractivity contribution in [2.75, 3.05) is 26.2 Å². The van der Waals surface area contributed by atoms with Gasteiger partial charge in [-0.25, -0.2) is 16.8 Å². The molecular formula is C32H38N2O6S2. The Labute approximate surface area is 248 Å². The monoisotopic (exact) mass is 610 g/mol. The highest BCUT2D eigenvalue weighted by Gasteiger charge is 2.42. The summed E-state index contributed by atoms with van der Waals surface area (Å²) in [5.41, 5.74) is 0.824. The number of hydrogen-bond acceptors (Lipinski definition) is 6. The van der Waals surface area contributed by atoms with Crippen LogP contribution in [0.25, 0.3) is 0 Å². The Kier molecular flexibility index (Phi) is 6.81. The third-order valence-electron chi connectivity index (χ3n) is 11.1. The number of ketones is 2. The van der Waals surface area contributed by atoms with E-state index in [0.717, 1.165) is 51.4 Å². The molecule has 0 unspecified atom stereocenters. The zero-order valence-corrected chi connectivity index (χ0v) is 25.6. The molecule has 2 saturated carbocycles. The number of fused-ring (bicyclic) bond motifs is 2. The Morgan fingerprint density at radius 1 is 0.476 bits per heavy atom. The number of carbonyl (C=O) groups excluding carboxylic acids is 2. The van der Waals surface area contributed by atoms with Gasteiger partial charge in [0.05, 0.1) is 9.79 Å². The SMILES string of the molecule is O=C1c2ccc(S(=O)(=O)N3CCC4(CCCC4)CC3)cc2C(=O)c2cc(S(=O)(=O)N3CCC4(CCCC4)CC3)ccc21. The van der Waals surface area contributed by atoms with Crippen molar-refractivity contribution in [2.24, 2.45) is 10.8 Å². The van der Waals surface area contributed by atoms with E-state index in [0.29, 0.717) is 26.2 Å². The predicted molar refractivity (Wildman–Crippen MR) is 158 cm³/mol. The molecule has 0 radical (unpaired) electrons. The number of piperidine rings is 2. The Morgan fingerprint density at radius 2 is 0.810 bits per heavy atom. The zero-order valence-electron chi connectivity index (χ0n) is 23.9. The lowest BCUT2D eigenvalue weighted by molar-refractivity contribution is 0.0978. The third kappa shape index (κ3) is 4.52. The van der Waals surface area contributed by atoms with Crippen molar-refractivity contribution in [2.45, 2.75) is 86.8 Å². The molecule has 0 amide bonds. The minimum absolute atomic E-state index is 0.00791. The van der Waals surface area contributed by atoms with Gasteiger partial charge in [-0.1, -0.05) is 25.7 Å². The molecule has 8 nitrogen and oxygen atoms in total. The van der Waals surface area contributed by atoms with Crippen LogP contribution in [0.3, 0.4) is 0 Å². The van der Waals surface area contributed by atoms with Crippen LogP contribution in [0.15, 0.2) is 46.2 Å². The van der Waals surface area contributed by atoms with Crippen molar-refractivity contribution in [3.05, 3.63) is 58.7 Å². The first kappa shape index (κ1) is 28.4. The summed E-state index contributed by atoms with van der Waals surface area (Å²) in [6.07, 6.45) is 12.8. The smallest absolute Gasteiger partial charge is 0.243 e. The number of carbonyl (C=O) groups is 2. The van der Waals surface area contributed by atoms with Crippen LogP contribution >= 0.6 is 0 Å². The van der Waals surface area contributed by atoms with Crippen molar-refractivity contribution in [3.63, 3.8) is 0 Å². The predicted octanol–water partition coefficient (Wildman–Crippen LogP) is 5.15. The van der Waals surface area contributed by atoms with Gasteiger partial charge < -0.3 is 0 Å². The third-order valence-corrected chi connectivity index (χ3v) is 14.9. The van der Waals surface area contributed by atoms with Crippen LogP contribution in [0.5, 0.6) is 0 Å². The summed E-state index contributed by atoms with van der Waals surface area (Å²) in [4.78, 5) is 27.1. The summed E-state index contributed by atoms with van der Waals surface area (Å²) >= 11 is 0. The molecule has 2 saturated heterocycles. The van der Waals surface area contributed by atoms with E-state index in [2.05, 4.69) is 0 Å². The number of nitrogens with zero attached hydrogens (tertiary/aromatic N) is 2. The summed E-state index contributed by atoms with van der Waals surface area (Å²) in [6, 6.07) is 8.28. The highest BCUT2D eigenvalue weighted by atomic mass is 32.2. The van der Waals surface area contributed by atoms with E-state index in [1.165, 1.54) is 70.7 Å². The molecule has 2 aromatic carbocycles. The minimum atomic E-state index is -3.85. The van der Waals surface area contributed by atoms with Crippen LogP contribution in [-0.4, -0.2) is 63.2 Å². The quantitative estimate of drug-likeness (QED) is 0.404. The van der Waals surface area contributed by atoms with Gasteiger partial charge in [-0.05, 0) is 98.6 Å². The first-order chi connectivity index (χ1) is 20.0. The Bertz CT molecular complexity index is 1540. The molecule has 0 aromatic heterocycles. The van der Waals surface area contributed by atoms with Gasteiger partial charge in [-0.2, -0.15) is 8.61 Å². The molecule has 2 aromatic rings. The molecular weight excluding hydrogens is 572 g/mol. The molecule has 10 heteroatoms. The van der Waals surface area contributed by atoms with Gasteiger partial charge in [-0.3, -0.25) is 9.59 Å². The lowest BCUT2D eigenvalue weighted by atomic mass is 9.78. The molecule has 7 rings (SSSR count). The van der Waals surface area contributed by atoms with Crippen LogP contribution in [0, 0.1) is 10.8 Å². The number of sulfonamides is 2. The molecule has 0 atom stereocenters. The highest BCUT2D eigenvalue weighted by molar-refractivity contribution is 7.89. The summed E-state index contributed by atoms with van der Waals surface area (Å²) in [6.45, 7) is 1.81. The van der Waals surface area contributed by atoms with Gasteiger partial charge in [0.1, 0.15) is 0 Å². The van der Waals surface area contributed by atoms with Crippen LogP contribution in [-0.2, 0) is 20.0 Å². The number of hydrogen-bond donors (Lipinski definition) is 0. The minimum Gasteiger partial charge on any atom is -0.289 e. The summed E-state index contributed by atoms with van der Waals surface area (Å²) in [5, 5.41) is 0. The lowest BCUT2D eigenvalue weighted by Gasteiger charge is -2.38. The first-order valence-electron chi connectivity index (χ1n) is 15.4. The van der Waals surface area contributed by atoms with Crippen LogP contribution in [0.4, 0.5) is 0 Å². The number of rotatable bonds is 4. The van der Waals surface area contributed by atoms with Gasteiger partial charge in [-0.15, -0.1) is 0 Å². The lowest BCUT2D eigenvalue weighted by Crippen LogP contribution is -2.42. The van der Waals surface area contributed by atoms with Crippen molar-refractivity contribution in [1.82, 2.24) is 8.61 Å². The second-order valence-corrected chi connectivity index (χ2v) is 17.2. The van der Waals surface area contributed by atoms with Crippen molar-refractivity contribution in [3.8, 4) is 0 Å². The summed E-state index contributed by atoms with van der Waals surface area (Å²) in [7, 11) is -7.70. The average molecular weight is 611 g/mol. The fourth-order valence-corrected chi connectivity index (χ4v) is 11.3. The fourth-order valence-electron chi connectivity index (χ4n) is 8.38. The van der Waals surface area contributed by atoms with Crippen molar-refractivity contribution >= 4 is 31.6 Å². The van der Waals surface area contributed by atoms with Gasteiger partial charge in [0, 0.05) is 48.4 Å². The molecule has 0 bridgehead atoms. The Morgan fingerprint density at radius 3 is 1.17 bits per heavy atom. The van der Waals surface area contributed by atoms with E-state index < -0.39 is 31.6 Å². The normalized spacial score (nSPS) is 24.3. The highest BCUT2D eigenvalue weighted by Crippen LogP contribution is 2.48. The molecule has 3 aliphatic carbocycles. The largest absolute Gasteiger partial charge is 0.289 e. The van der Waals surface area contributed by atoms with Gasteiger partial charge in [0.15, 0.2) is 11.6 Å². The van der Waals surface area contributed by atoms with E-state index in [9.17, 15) is 26.4 Å². The summed E-state index contributed by atoms with van der Waals surface area (Å²) < 4.78 is 57.4. The van der Waals surface area contributed by atoms with Crippen LogP contribution in [0.2, 0.25) is 0 Å². The van der Waals surface area contributed by atoms with Gasteiger partial charge >= 0.3 is 0 Å². The molecule has 0 N–H and O–H groups in total. The van der Waals surface area contributed by atoms with Crippen molar-refractivity contribution < 1.29 is 26.4 Å².